The standard InChI is InChI=1S/C13H28N2O/c1-6-9-15(11-12-16-5)10-7-8-14-13(2,3)4/h6,14H,1,7-12H2,2-5H3. The van der Waals surface area contributed by atoms with Gasteiger partial charge in [-0.1, -0.05) is 6.08 Å². The van der Waals surface area contributed by atoms with Crippen LogP contribution in [0.2, 0.25) is 0 Å². The highest BCUT2D eigenvalue weighted by Crippen LogP contribution is 1.99. The smallest absolute Gasteiger partial charge is 0.0589 e. The topological polar surface area (TPSA) is 24.5 Å². The summed E-state index contributed by atoms with van der Waals surface area (Å²) in [5, 5.41) is 3.49. The molecule has 3 heteroatoms. The van der Waals surface area contributed by atoms with Gasteiger partial charge in [-0.25, -0.2) is 0 Å². The molecule has 0 bridgehead atoms. The molecule has 0 radical (unpaired) electrons. The second-order valence-corrected chi connectivity index (χ2v) is 5.11. The summed E-state index contributed by atoms with van der Waals surface area (Å²) in [6, 6.07) is 0. The molecule has 0 aromatic heterocycles. The first kappa shape index (κ1) is 15.6. The van der Waals surface area contributed by atoms with Crippen LogP contribution in [0.5, 0.6) is 0 Å². The Morgan fingerprint density at radius 1 is 1.31 bits per heavy atom. The Balaban J connectivity index is 3.62. The van der Waals surface area contributed by atoms with E-state index in [9.17, 15) is 0 Å². The van der Waals surface area contributed by atoms with Crippen LogP contribution in [0.15, 0.2) is 12.7 Å². The molecule has 96 valence electrons. The monoisotopic (exact) mass is 228 g/mol. The molecule has 0 saturated heterocycles. The second kappa shape index (κ2) is 8.74. The first-order valence-corrected chi connectivity index (χ1v) is 6.07. The van der Waals surface area contributed by atoms with E-state index in [0.29, 0.717) is 0 Å². The normalized spacial score (nSPS) is 12.1. The van der Waals surface area contributed by atoms with Crippen LogP contribution in [-0.4, -0.2) is 50.3 Å². The zero-order valence-corrected chi connectivity index (χ0v) is 11.4. The first-order chi connectivity index (χ1) is 7.49. The van der Waals surface area contributed by atoms with Crippen LogP contribution < -0.4 is 5.32 Å². The van der Waals surface area contributed by atoms with Gasteiger partial charge in [-0.15, -0.1) is 6.58 Å². The quantitative estimate of drug-likeness (QED) is 0.482. The first-order valence-electron chi connectivity index (χ1n) is 6.07. The van der Waals surface area contributed by atoms with Crippen LogP contribution >= 0.6 is 0 Å². The summed E-state index contributed by atoms with van der Waals surface area (Å²) in [7, 11) is 1.74. The predicted molar refractivity (Wildman–Crippen MR) is 70.9 cm³/mol. The molecular weight excluding hydrogens is 200 g/mol. The zero-order valence-electron chi connectivity index (χ0n) is 11.4. The lowest BCUT2D eigenvalue weighted by Crippen LogP contribution is -2.38. The van der Waals surface area contributed by atoms with Crippen molar-refractivity contribution in [1.29, 1.82) is 0 Å². The van der Waals surface area contributed by atoms with E-state index >= 15 is 0 Å². The van der Waals surface area contributed by atoms with Crippen molar-refractivity contribution in [2.45, 2.75) is 32.7 Å². The highest BCUT2D eigenvalue weighted by atomic mass is 16.5. The van der Waals surface area contributed by atoms with Crippen LogP contribution in [0.3, 0.4) is 0 Å². The van der Waals surface area contributed by atoms with Gasteiger partial charge in [0.15, 0.2) is 0 Å². The van der Waals surface area contributed by atoms with Crippen molar-refractivity contribution >= 4 is 0 Å². The maximum absolute atomic E-state index is 5.09. The number of ether oxygens (including phenoxy) is 1. The molecule has 0 aliphatic heterocycles. The number of hydrogen-bond acceptors (Lipinski definition) is 3. The fourth-order valence-electron chi connectivity index (χ4n) is 1.46. The molecule has 0 atom stereocenters. The highest BCUT2D eigenvalue weighted by molar-refractivity contribution is 4.74. The van der Waals surface area contributed by atoms with E-state index in [-0.39, 0.29) is 5.54 Å². The molecular formula is C13H28N2O. The molecule has 0 saturated carbocycles. The zero-order chi connectivity index (χ0) is 12.4. The molecule has 0 aliphatic carbocycles. The maximum atomic E-state index is 5.09. The van der Waals surface area contributed by atoms with Gasteiger partial charge in [-0.2, -0.15) is 0 Å². The van der Waals surface area contributed by atoms with Gasteiger partial charge < -0.3 is 10.1 Å². The Morgan fingerprint density at radius 3 is 2.50 bits per heavy atom. The van der Waals surface area contributed by atoms with E-state index in [4.69, 9.17) is 4.74 Å². The SMILES string of the molecule is C=CCN(CCCNC(C)(C)C)CCOC. The van der Waals surface area contributed by atoms with Gasteiger partial charge in [0.1, 0.15) is 0 Å². The summed E-state index contributed by atoms with van der Waals surface area (Å²) in [6.07, 6.45) is 3.11. The fourth-order valence-corrected chi connectivity index (χ4v) is 1.46. The Labute approximate surface area is 101 Å². The Bertz CT molecular complexity index is 175. The van der Waals surface area contributed by atoms with Gasteiger partial charge in [0, 0.05) is 25.7 Å². The molecule has 0 aromatic rings. The molecule has 0 amide bonds. The molecule has 1 N–H and O–H groups in total. The van der Waals surface area contributed by atoms with Crippen LogP contribution in [-0.2, 0) is 4.74 Å². The van der Waals surface area contributed by atoms with E-state index < -0.39 is 0 Å². The van der Waals surface area contributed by atoms with Gasteiger partial charge in [0.05, 0.1) is 6.61 Å². The van der Waals surface area contributed by atoms with E-state index in [0.717, 1.165) is 39.2 Å². The third-order valence-electron chi connectivity index (χ3n) is 2.31. The highest BCUT2D eigenvalue weighted by Gasteiger charge is 2.08. The maximum Gasteiger partial charge on any atom is 0.0589 e. The number of rotatable bonds is 9. The molecule has 3 nitrogen and oxygen atoms in total. The summed E-state index contributed by atoms with van der Waals surface area (Å²) in [6.45, 7) is 15.2. The molecule has 16 heavy (non-hydrogen) atoms. The minimum Gasteiger partial charge on any atom is -0.383 e. The number of methoxy groups -OCH3 is 1. The minimum atomic E-state index is 0.218. The third-order valence-corrected chi connectivity index (χ3v) is 2.31. The molecule has 0 aromatic carbocycles. The van der Waals surface area contributed by atoms with Gasteiger partial charge in [-0.05, 0) is 40.3 Å². The molecule has 0 heterocycles. The van der Waals surface area contributed by atoms with Crippen molar-refractivity contribution in [3.8, 4) is 0 Å². The molecule has 0 aliphatic rings. The van der Waals surface area contributed by atoms with Crippen molar-refractivity contribution in [2.24, 2.45) is 0 Å². The second-order valence-electron chi connectivity index (χ2n) is 5.11. The number of nitrogens with one attached hydrogen (secondary N) is 1. The molecule has 0 rings (SSSR count). The largest absolute Gasteiger partial charge is 0.383 e. The lowest BCUT2D eigenvalue weighted by molar-refractivity contribution is 0.153. The van der Waals surface area contributed by atoms with Crippen LogP contribution in [0.4, 0.5) is 0 Å². The van der Waals surface area contributed by atoms with Gasteiger partial charge in [-0.3, -0.25) is 4.90 Å². The van der Waals surface area contributed by atoms with Gasteiger partial charge in [0.2, 0.25) is 0 Å². The number of hydrogen-bond donors (Lipinski definition) is 1. The molecule has 0 unspecified atom stereocenters. The van der Waals surface area contributed by atoms with E-state index in [2.05, 4.69) is 37.6 Å². The van der Waals surface area contributed by atoms with Crippen molar-refractivity contribution in [3.05, 3.63) is 12.7 Å². The summed E-state index contributed by atoms with van der Waals surface area (Å²) >= 11 is 0. The fraction of sp³-hybridized carbons (Fsp3) is 0.846. The van der Waals surface area contributed by atoms with Crippen LogP contribution in [0.1, 0.15) is 27.2 Å². The summed E-state index contributed by atoms with van der Waals surface area (Å²) in [5.41, 5.74) is 0.218. The van der Waals surface area contributed by atoms with Crippen molar-refractivity contribution in [2.75, 3.05) is 39.9 Å². The summed E-state index contributed by atoms with van der Waals surface area (Å²) in [5.74, 6) is 0. The van der Waals surface area contributed by atoms with Crippen molar-refractivity contribution < 1.29 is 4.74 Å². The van der Waals surface area contributed by atoms with E-state index in [1.807, 2.05) is 6.08 Å². The van der Waals surface area contributed by atoms with Crippen LogP contribution in [0.25, 0.3) is 0 Å². The Morgan fingerprint density at radius 2 is 2.00 bits per heavy atom. The lowest BCUT2D eigenvalue weighted by Gasteiger charge is -2.23. The Kier molecular flexibility index (Phi) is 8.53. The third kappa shape index (κ3) is 10.1. The minimum absolute atomic E-state index is 0.218. The van der Waals surface area contributed by atoms with E-state index in [1.54, 1.807) is 7.11 Å². The summed E-state index contributed by atoms with van der Waals surface area (Å²) in [4.78, 5) is 2.36. The average Bonchev–Trinajstić information content (AvgIpc) is 2.19. The van der Waals surface area contributed by atoms with Gasteiger partial charge in [0.25, 0.3) is 0 Å². The summed E-state index contributed by atoms with van der Waals surface area (Å²) < 4.78 is 5.09. The number of nitrogens with zero attached hydrogens (tertiary/aromatic N) is 1. The van der Waals surface area contributed by atoms with E-state index in [1.165, 1.54) is 0 Å². The van der Waals surface area contributed by atoms with Crippen molar-refractivity contribution in [3.63, 3.8) is 0 Å². The van der Waals surface area contributed by atoms with Crippen molar-refractivity contribution in [1.82, 2.24) is 10.2 Å². The molecule has 0 fully saturated rings. The van der Waals surface area contributed by atoms with Gasteiger partial charge >= 0.3 is 0 Å². The lowest BCUT2D eigenvalue weighted by atomic mass is 10.1. The predicted octanol–water partition coefficient (Wildman–Crippen LogP) is 1.90. The van der Waals surface area contributed by atoms with Crippen LogP contribution in [0, 0.1) is 0 Å². The Hall–Kier alpha value is -0.380. The average molecular weight is 228 g/mol. The molecule has 0 spiro atoms.